The molecule has 0 amide bonds. The highest BCUT2D eigenvalue weighted by atomic mass is 16.3. The maximum Gasteiger partial charge on any atom is 0.164 e. The van der Waals surface area contributed by atoms with Crippen LogP contribution in [0, 0.1) is 0 Å². The van der Waals surface area contributed by atoms with Gasteiger partial charge in [0.2, 0.25) is 0 Å². The molecule has 1 aliphatic carbocycles. The van der Waals surface area contributed by atoms with Crippen molar-refractivity contribution in [1.29, 1.82) is 0 Å². The first-order valence-electron chi connectivity index (χ1n) is 22.7. The second kappa shape index (κ2) is 15.0. The van der Waals surface area contributed by atoms with Crippen LogP contribution >= 0.6 is 0 Å². The lowest BCUT2D eigenvalue weighted by Gasteiger charge is -2.42. The average Bonchev–Trinajstić information content (AvgIpc) is 3.74. The number of hydrogen-bond donors (Lipinski definition) is 0. The highest BCUT2D eigenvalue weighted by Crippen LogP contribution is 2.47. The van der Waals surface area contributed by atoms with Crippen molar-refractivity contribution in [3.8, 4) is 67.5 Å². The van der Waals surface area contributed by atoms with E-state index in [1.807, 2.05) is 18.2 Å². The fourth-order valence-corrected chi connectivity index (χ4v) is 10.2. The van der Waals surface area contributed by atoms with Gasteiger partial charge in [-0.1, -0.05) is 185 Å². The molecular formula is C61H47N3O. The van der Waals surface area contributed by atoms with Gasteiger partial charge in [-0.2, -0.15) is 0 Å². The predicted molar refractivity (Wildman–Crippen MR) is 270 cm³/mol. The van der Waals surface area contributed by atoms with Gasteiger partial charge in [0, 0.05) is 27.5 Å². The summed E-state index contributed by atoms with van der Waals surface area (Å²) >= 11 is 0. The van der Waals surface area contributed by atoms with Crippen LogP contribution < -0.4 is 0 Å². The van der Waals surface area contributed by atoms with Crippen molar-refractivity contribution in [2.24, 2.45) is 0 Å². The monoisotopic (exact) mass is 837 g/mol. The van der Waals surface area contributed by atoms with E-state index in [1.165, 1.54) is 51.3 Å². The third kappa shape index (κ3) is 6.80. The summed E-state index contributed by atoms with van der Waals surface area (Å²) in [5.74, 6) is 1.80. The summed E-state index contributed by atoms with van der Waals surface area (Å²) in [5.41, 5.74) is 14.4. The molecule has 0 saturated carbocycles. The molecule has 0 radical (unpaired) electrons. The fourth-order valence-electron chi connectivity index (χ4n) is 10.2. The molecule has 0 bridgehead atoms. The molecule has 4 heteroatoms. The highest BCUT2D eigenvalue weighted by molar-refractivity contribution is 6.13. The van der Waals surface area contributed by atoms with Crippen molar-refractivity contribution >= 4 is 43.5 Å². The first-order chi connectivity index (χ1) is 31.6. The molecule has 0 atom stereocenters. The predicted octanol–water partition coefficient (Wildman–Crippen LogP) is 16.4. The van der Waals surface area contributed by atoms with Gasteiger partial charge in [0.05, 0.1) is 0 Å². The number of nitrogens with zero attached hydrogens (tertiary/aromatic N) is 3. The normalized spacial score (nSPS) is 14.3. The standard InChI is InChI=1S/C61H47N3O/c1-60(2)31-32-61(3,4)53-36-45(29-30-52(53)60)43-16-12-17-44(33-43)47-35-51(56-49-19-10-11-20-54(49)65-55(56)37-47)59-63-57(42-26-21-39(22-27-42)38-13-6-5-7-14-38)62-58(64-59)46-28-25-41-24-23-40-15-8-9-18-48(40)50(41)34-46/h5-30,33-37H,31-32H2,1-4H3. The number of benzene rings is 9. The Kier molecular flexibility index (Phi) is 8.96. The molecule has 1 aliphatic rings. The Morgan fingerprint density at radius 2 is 0.908 bits per heavy atom. The molecule has 0 N–H and O–H groups in total. The summed E-state index contributed by atoms with van der Waals surface area (Å²) in [6.07, 6.45) is 2.37. The lowest BCUT2D eigenvalue weighted by atomic mass is 9.63. The van der Waals surface area contributed by atoms with Crippen LogP contribution in [0.25, 0.3) is 111 Å². The Morgan fingerprint density at radius 3 is 1.71 bits per heavy atom. The largest absolute Gasteiger partial charge is 0.456 e. The smallest absolute Gasteiger partial charge is 0.164 e. The third-order valence-corrected chi connectivity index (χ3v) is 14.0. The molecule has 0 saturated heterocycles. The van der Waals surface area contributed by atoms with E-state index < -0.39 is 0 Å². The molecule has 0 aliphatic heterocycles. The van der Waals surface area contributed by atoms with E-state index in [4.69, 9.17) is 19.4 Å². The zero-order valence-electron chi connectivity index (χ0n) is 37.1. The number of furan rings is 1. The minimum Gasteiger partial charge on any atom is -0.456 e. The van der Waals surface area contributed by atoms with Crippen molar-refractivity contribution in [3.05, 3.63) is 199 Å². The van der Waals surface area contributed by atoms with Crippen LogP contribution in [-0.2, 0) is 10.8 Å². The molecule has 9 aromatic carbocycles. The van der Waals surface area contributed by atoms with Crippen molar-refractivity contribution in [2.75, 3.05) is 0 Å². The van der Waals surface area contributed by atoms with Crippen LogP contribution in [0.4, 0.5) is 0 Å². The summed E-state index contributed by atoms with van der Waals surface area (Å²) in [6, 6.07) is 67.2. The Labute approximate surface area is 379 Å². The maximum absolute atomic E-state index is 6.70. The Hall–Kier alpha value is -7.69. The maximum atomic E-state index is 6.70. The van der Waals surface area contributed by atoms with Crippen molar-refractivity contribution in [3.63, 3.8) is 0 Å². The molecule has 0 spiro atoms. The van der Waals surface area contributed by atoms with Gasteiger partial charge in [-0.15, -0.1) is 0 Å². The Bertz CT molecular complexity index is 3650. The van der Waals surface area contributed by atoms with E-state index in [-0.39, 0.29) is 10.8 Å². The molecule has 0 fully saturated rings. The van der Waals surface area contributed by atoms with Gasteiger partial charge < -0.3 is 4.42 Å². The molecule has 12 rings (SSSR count). The summed E-state index contributed by atoms with van der Waals surface area (Å²) in [4.78, 5) is 16.0. The summed E-state index contributed by atoms with van der Waals surface area (Å²) in [5, 5.41) is 6.72. The Balaban J connectivity index is 1.05. The van der Waals surface area contributed by atoms with E-state index in [0.29, 0.717) is 17.5 Å². The van der Waals surface area contributed by atoms with Crippen LogP contribution in [0.2, 0.25) is 0 Å². The van der Waals surface area contributed by atoms with Crippen LogP contribution in [0.15, 0.2) is 192 Å². The van der Waals surface area contributed by atoms with Crippen LogP contribution in [0.3, 0.4) is 0 Å². The number of aromatic nitrogens is 3. The lowest BCUT2D eigenvalue weighted by molar-refractivity contribution is 0.332. The van der Waals surface area contributed by atoms with Gasteiger partial charge in [-0.25, -0.2) is 15.0 Å². The number of fused-ring (bicyclic) bond motifs is 7. The van der Waals surface area contributed by atoms with E-state index >= 15 is 0 Å². The van der Waals surface area contributed by atoms with Crippen LogP contribution in [0.5, 0.6) is 0 Å². The minimum absolute atomic E-state index is 0.118. The van der Waals surface area contributed by atoms with Crippen molar-refractivity contribution in [1.82, 2.24) is 15.0 Å². The van der Waals surface area contributed by atoms with E-state index in [2.05, 4.69) is 198 Å². The molecular weight excluding hydrogens is 791 g/mol. The zero-order valence-corrected chi connectivity index (χ0v) is 37.1. The van der Waals surface area contributed by atoms with E-state index in [0.717, 1.165) is 66.3 Å². The first-order valence-corrected chi connectivity index (χ1v) is 22.7. The second-order valence-corrected chi connectivity index (χ2v) is 19.1. The van der Waals surface area contributed by atoms with Gasteiger partial charge >= 0.3 is 0 Å². The molecule has 312 valence electrons. The van der Waals surface area contributed by atoms with Gasteiger partial charge in [0.1, 0.15) is 11.2 Å². The van der Waals surface area contributed by atoms with Crippen molar-refractivity contribution < 1.29 is 4.42 Å². The molecule has 4 nitrogen and oxygen atoms in total. The summed E-state index contributed by atoms with van der Waals surface area (Å²) < 4.78 is 6.70. The lowest BCUT2D eigenvalue weighted by Crippen LogP contribution is -2.33. The van der Waals surface area contributed by atoms with Gasteiger partial charge in [-0.05, 0) is 120 Å². The first kappa shape index (κ1) is 38.9. The Morgan fingerprint density at radius 1 is 0.354 bits per heavy atom. The zero-order chi connectivity index (χ0) is 43.9. The highest BCUT2D eigenvalue weighted by Gasteiger charge is 2.37. The van der Waals surface area contributed by atoms with Gasteiger partial charge in [0.15, 0.2) is 17.5 Å². The number of rotatable bonds is 6. The van der Waals surface area contributed by atoms with Gasteiger partial charge in [-0.3, -0.25) is 0 Å². The second-order valence-electron chi connectivity index (χ2n) is 19.1. The molecule has 65 heavy (non-hydrogen) atoms. The minimum atomic E-state index is 0.118. The topological polar surface area (TPSA) is 51.8 Å². The van der Waals surface area contributed by atoms with Gasteiger partial charge in [0.25, 0.3) is 0 Å². The average molecular weight is 838 g/mol. The summed E-state index contributed by atoms with van der Waals surface area (Å²) in [7, 11) is 0. The van der Waals surface area contributed by atoms with Crippen LogP contribution in [0.1, 0.15) is 51.7 Å². The summed E-state index contributed by atoms with van der Waals surface area (Å²) in [6.45, 7) is 9.56. The van der Waals surface area contributed by atoms with Crippen molar-refractivity contribution in [2.45, 2.75) is 51.4 Å². The molecule has 0 unspecified atom stereocenters. The van der Waals surface area contributed by atoms with E-state index in [1.54, 1.807) is 0 Å². The number of hydrogen-bond acceptors (Lipinski definition) is 4. The number of para-hydroxylation sites is 1. The van der Waals surface area contributed by atoms with E-state index in [9.17, 15) is 0 Å². The molecule has 11 aromatic rings. The quantitative estimate of drug-likeness (QED) is 0.157. The third-order valence-electron chi connectivity index (χ3n) is 14.0. The molecule has 2 aromatic heterocycles. The fraction of sp³-hybridized carbons (Fsp3) is 0.131. The molecule has 2 heterocycles. The SMILES string of the molecule is CC1(C)CCC(C)(C)c2cc(-c3cccc(-c4cc(-c5nc(-c6ccc(-c7ccccc7)cc6)nc(-c6ccc7ccc8ccccc8c7c6)n5)c5c(c4)oc4ccccc45)c3)ccc21. The van der Waals surface area contributed by atoms with Crippen LogP contribution in [-0.4, -0.2) is 15.0 Å².